The maximum atomic E-state index is 14.7. The third kappa shape index (κ3) is 17.3. The highest BCUT2D eigenvalue weighted by molar-refractivity contribution is 8.72. The fraction of sp³-hybridized carbons (Fsp3) is 0.541. The molecule has 1 saturated carbocycles. The lowest BCUT2D eigenvalue weighted by Crippen LogP contribution is -2.54. The quantitative estimate of drug-likeness (QED) is 0.0188. The molecule has 2 aromatic carbocycles. The number of para-hydroxylation sites is 1. The zero-order valence-corrected chi connectivity index (χ0v) is 54.0. The van der Waals surface area contributed by atoms with Crippen LogP contribution in [0.25, 0.3) is 11.3 Å². The Balaban J connectivity index is 0.666. The summed E-state index contributed by atoms with van der Waals surface area (Å²) in [5, 5.41) is 24.4. The first-order valence-corrected chi connectivity index (χ1v) is 35.3. The van der Waals surface area contributed by atoms with Crippen molar-refractivity contribution in [3.8, 4) is 34.8 Å². The molecule has 7 heterocycles. The van der Waals surface area contributed by atoms with Crippen LogP contribution >= 0.6 is 18.6 Å². The molecule has 10 rings (SSSR count). The summed E-state index contributed by atoms with van der Waals surface area (Å²) < 4.78 is 81.0. The molecule has 8 atom stereocenters. The molecule has 2 amide bonds. The van der Waals surface area contributed by atoms with Crippen LogP contribution in [0.5, 0.6) is 17.5 Å². The van der Waals surface area contributed by atoms with Crippen molar-refractivity contribution in [1.82, 2.24) is 35.5 Å². The van der Waals surface area contributed by atoms with Gasteiger partial charge in [0.25, 0.3) is 5.88 Å². The van der Waals surface area contributed by atoms with Crippen LogP contribution in [0.15, 0.2) is 83.5 Å². The average Bonchev–Trinajstić information content (AvgIpc) is 1.74. The van der Waals surface area contributed by atoms with Crippen molar-refractivity contribution in [1.29, 1.82) is 5.26 Å². The summed E-state index contributed by atoms with van der Waals surface area (Å²) in [6.45, 7) is 11.8. The maximum Gasteiger partial charge on any atom is 0.508 e. The Bertz CT molecular complexity index is 3550. The Morgan fingerprint density at radius 3 is 2.30 bits per heavy atom. The van der Waals surface area contributed by atoms with E-state index in [2.05, 4.69) is 50.9 Å². The van der Waals surface area contributed by atoms with Crippen molar-refractivity contribution < 1.29 is 74.6 Å². The van der Waals surface area contributed by atoms with Crippen molar-refractivity contribution in [2.75, 3.05) is 74.5 Å². The first-order chi connectivity index (χ1) is 43.4. The molecule has 4 saturated heterocycles. The van der Waals surface area contributed by atoms with Crippen LogP contribution in [0, 0.1) is 17.2 Å². The van der Waals surface area contributed by atoms with Crippen LogP contribution in [-0.2, 0) is 41.8 Å². The minimum atomic E-state index is -4.73. The number of carbonyl (C=O) groups excluding carboxylic acids is 3. The summed E-state index contributed by atoms with van der Waals surface area (Å²) in [5.41, 5.74) is 10.5. The fourth-order valence-corrected chi connectivity index (χ4v) is 15.5. The van der Waals surface area contributed by atoms with E-state index in [0.717, 1.165) is 74.8 Å². The van der Waals surface area contributed by atoms with Gasteiger partial charge in [0.2, 0.25) is 17.7 Å². The van der Waals surface area contributed by atoms with Gasteiger partial charge in [-0.05, 0) is 110 Å². The smallest absolute Gasteiger partial charge is 0.474 e. The van der Waals surface area contributed by atoms with Crippen LogP contribution in [0.3, 0.4) is 0 Å². The third-order valence-electron chi connectivity index (χ3n) is 17.2. The van der Waals surface area contributed by atoms with E-state index in [9.17, 15) is 32.6 Å². The number of rotatable bonds is 26. The highest BCUT2D eigenvalue weighted by Crippen LogP contribution is 2.42. The van der Waals surface area contributed by atoms with E-state index in [-0.39, 0.29) is 60.9 Å². The number of carbonyl (C=O) groups is 3. The fourth-order valence-electron chi connectivity index (χ4n) is 12.4. The number of benzene rings is 2. The second-order valence-electron chi connectivity index (χ2n) is 24.1. The Labute approximate surface area is 532 Å². The lowest BCUT2D eigenvalue weighted by molar-refractivity contribution is -0.141. The summed E-state index contributed by atoms with van der Waals surface area (Å²) in [5.74, 6) is -0.499. The number of hydrogen-bond acceptors (Lipinski definition) is 24. The van der Waals surface area contributed by atoms with Gasteiger partial charge in [-0.1, -0.05) is 38.1 Å². The molecule has 4 unspecified atom stereocenters. The number of phosphoric ester groups is 1. The number of phosphoric acid groups is 1. The number of nitrogen functional groups attached to an aromatic ring is 1. The minimum Gasteiger partial charge on any atom is -0.474 e. The monoisotopic (exact) mass is 1320 g/mol. The van der Waals surface area contributed by atoms with Crippen molar-refractivity contribution in [2.24, 2.45) is 5.92 Å². The minimum absolute atomic E-state index is 0.0134. The SMILES string of the molecule is CC(OC(=O)O[C@@H]1C[C@@H](C(=O)N[C@@H](C)c2ccc(C#N)cc2)N(C(=O)[C@@H](c2cc(OCCN3CCC(OC4CC(Oc5cc(N6C7CCC6CN(c6cc(-c8ccccc8OCOP(=O)(O)O)nnc6N)C7)ccn5)C4)CC3)no2)C(C)C)C1)C(C)SS(C)(=O)=O. The Kier molecular flexibility index (Phi) is 21.3. The van der Waals surface area contributed by atoms with Gasteiger partial charge in [0.1, 0.15) is 42.6 Å². The average molecular weight is 1320 g/mol. The number of nitrogens with two attached hydrogens (primary N) is 1. The van der Waals surface area contributed by atoms with Crippen molar-refractivity contribution in [2.45, 2.75) is 145 Å². The zero-order chi connectivity index (χ0) is 64.7. The number of hydrogen-bond donors (Lipinski definition) is 4. The molecule has 30 heteroatoms. The van der Waals surface area contributed by atoms with E-state index >= 15 is 0 Å². The second kappa shape index (κ2) is 29.1. The van der Waals surface area contributed by atoms with Gasteiger partial charge in [-0.2, -0.15) is 5.26 Å². The molecule has 5 aromatic rings. The van der Waals surface area contributed by atoms with E-state index < -0.39 is 76.9 Å². The Hall–Kier alpha value is -7.29. The van der Waals surface area contributed by atoms with Gasteiger partial charge in [0, 0.05) is 99.9 Å². The van der Waals surface area contributed by atoms with Crippen LogP contribution in [-0.4, -0.2) is 179 Å². The van der Waals surface area contributed by atoms with E-state index in [4.69, 9.17) is 48.5 Å². The largest absolute Gasteiger partial charge is 0.508 e. The van der Waals surface area contributed by atoms with Gasteiger partial charge in [-0.25, -0.2) is 27.3 Å². The number of likely N-dealkylation sites (tertiary alicyclic amines) is 2. The number of nitriles is 1. The van der Waals surface area contributed by atoms with Gasteiger partial charge in [-0.3, -0.25) is 14.5 Å². The lowest BCUT2D eigenvalue weighted by atomic mass is 9.91. The number of aromatic nitrogens is 4. The number of ether oxygens (including phenoxy) is 6. The molecule has 2 bridgehead atoms. The maximum absolute atomic E-state index is 14.7. The van der Waals surface area contributed by atoms with Crippen LogP contribution in [0.4, 0.5) is 22.0 Å². The molecule has 0 spiro atoms. The molecule has 1 aliphatic carbocycles. The number of piperazine rings is 1. The molecule has 3 aromatic heterocycles. The van der Waals surface area contributed by atoms with Crippen LogP contribution in [0.2, 0.25) is 0 Å². The van der Waals surface area contributed by atoms with Crippen molar-refractivity contribution >= 4 is 62.6 Å². The molecule has 91 heavy (non-hydrogen) atoms. The highest BCUT2D eigenvalue weighted by Gasteiger charge is 2.46. The number of nitrogens with zero attached hydrogens (tertiary/aromatic N) is 9. The van der Waals surface area contributed by atoms with E-state index in [1.165, 1.54) is 4.90 Å². The predicted molar refractivity (Wildman–Crippen MR) is 334 cm³/mol. The molecular weight excluding hydrogens is 1240 g/mol. The number of anilines is 3. The zero-order valence-electron chi connectivity index (χ0n) is 51.5. The lowest BCUT2D eigenvalue weighted by Gasteiger charge is -2.43. The normalized spacial score (nSPS) is 22.5. The molecule has 27 nitrogen and oxygen atoms in total. The summed E-state index contributed by atoms with van der Waals surface area (Å²) >= 11 is 0. The third-order valence-corrected chi connectivity index (χ3v) is 20.6. The van der Waals surface area contributed by atoms with Gasteiger partial charge in [-0.15, -0.1) is 10.2 Å². The van der Waals surface area contributed by atoms with E-state index in [1.54, 1.807) is 81.6 Å². The van der Waals surface area contributed by atoms with E-state index in [1.807, 2.05) is 32.0 Å². The number of nitrogens with one attached hydrogen (secondary N) is 1. The van der Waals surface area contributed by atoms with Crippen molar-refractivity contribution in [3.05, 3.63) is 95.9 Å². The molecule has 5 fully saturated rings. The molecule has 490 valence electrons. The number of amides is 2. The number of fused-ring (bicyclic) bond motifs is 2. The molecule has 5 N–H and O–H groups in total. The van der Waals surface area contributed by atoms with Crippen molar-refractivity contribution in [3.63, 3.8) is 0 Å². The van der Waals surface area contributed by atoms with Gasteiger partial charge in [0.15, 0.2) is 27.2 Å². The van der Waals surface area contributed by atoms with Gasteiger partial charge >= 0.3 is 14.0 Å². The standard InChI is InChI=1S/C61H78N11O16PS2/c1-36(2)57(60(74)71-34-48(87-61(75)84-38(4)39(5)90-91(6,79)80)28-52(71)59(73)65-37(3)41-13-11-40(31-62)12-14-41)54-30-56(68-88-54)81-24-23-69-21-18-45(19-22-69)85-46-26-47(27-46)86-55-25-42(17-20-64-55)72-43-15-16-44(72)33-70(32-43)51-29-50(66-67-58(51)63)49-9-7-8-10-53(49)82-35-83-89(76,77)78/h7-14,17,20,25,29-30,36-39,43-48,52,57H,15-16,18-19,21-24,26-28,32-35H2,1-6H3,(H2,63,67)(H,65,73)(H2,76,77,78)/t37-,38?,39?,43?,44?,46?,47?,48+,52-,57+/m0/s1. The topological polar surface area (TPSA) is 347 Å². The number of pyridine rings is 1. The van der Waals surface area contributed by atoms with Gasteiger partial charge < -0.3 is 68.5 Å². The molecule has 5 aliphatic rings. The summed E-state index contributed by atoms with van der Waals surface area (Å²) in [7, 11) is -7.50. The number of piperidine rings is 1. The highest BCUT2D eigenvalue weighted by atomic mass is 33.1. The van der Waals surface area contributed by atoms with Crippen LogP contribution in [0.1, 0.15) is 108 Å². The Morgan fingerprint density at radius 2 is 1.60 bits per heavy atom. The summed E-state index contributed by atoms with van der Waals surface area (Å²) in [6, 6.07) is 22.2. The molecule has 4 aliphatic heterocycles. The molecular formula is C61H78N11O16PS2. The Morgan fingerprint density at radius 1 is 0.879 bits per heavy atom. The summed E-state index contributed by atoms with van der Waals surface area (Å²) in [4.78, 5) is 73.1. The van der Waals surface area contributed by atoms with Crippen LogP contribution < -0.4 is 35.1 Å². The first kappa shape index (κ1) is 66.6. The second-order valence-corrected chi connectivity index (χ2v) is 30.1. The summed E-state index contributed by atoms with van der Waals surface area (Å²) in [6.07, 6.45) is 5.43. The molecule has 0 radical (unpaired) electrons. The predicted octanol–water partition coefficient (Wildman–Crippen LogP) is 6.96. The van der Waals surface area contributed by atoms with E-state index in [0.29, 0.717) is 71.3 Å². The first-order valence-electron chi connectivity index (χ1n) is 30.5. The van der Waals surface area contributed by atoms with Gasteiger partial charge in [0.05, 0.1) is 53.1 Å².